The van der Waals surface area contributed by atoms with Crippen molar-refractivity contribution in [1.29, 1.82) is 0 Å². The number of piperidine rings is 1. The molecule has 1 saturated heterocycles. The highest BCUT2D eigenvalue weighted by atomic mass is 32.1. The minimum absolute atomic E-state index is 0.280. The van der Waals surface area contributed by atoms with E-state index in [0.29, 0.717) is 11.5 Å². The Morgan fingerprint density at radius 3 is 2.92 bits per heavy atom. The van der Waals surface area contributed by atoms with Crippen LogP contribution in [0.4, 0.5) is 0 Å². The van der Waals surface area contributed by atoms with Crippen LogP contribution in [0.2, 0.25) is 0 Å². The second-order valence-corrected chi connectivity index (χ2v) is 7.71. The Morgan fingerprint density at radius 1 is 1.46 bits per heavy atom. The van der Waals surface area contributed by atoms with Crippen LogP contribution >= 0.6 is 11.3 Å². The topological polar surface area (TPSA) is 67.6 Å². The smallest absolute Gasteiger partial charge is 0.345 e. The lowest BCUT2D eigenvalue weighted by Crippen LogP contribution is -2.45. The highest BCUT2D eigenvalue weighted by Gasteiger charge is 2.42. The minimum Gasteiger partial charge on any atom is -0.477 e. The SMILES string of the molecule is Cn1cc(CN2CCC3(CC2)OCCc2cc(C(=O)O)sc23)cn1. The molecule has 0 radical (unpaired) electrons. The summed E-state index contributed by atoms with van der Waals surface area (Å²) in [5.41, 5.74) is 2.12. The fourth-order valence-corrected chi connectivity index (χ4v) is 5.03. The first-order valence-corrected chi connectivity index (χ1v) is 9.08. The summed E-state index contributed by atoms with van der Waals surface area (Å²) in [7, 11) is 1.93. The Kier molecular flexibility index (Phi) is 3.94. The van der Waals surface area contributed by atoms with Gasteiger partial charge in [-0.1, -0.05) is 0 Å². The Morgan fingerprint density at radius 2 is 2.25 bits per heavy atom. The van der Waals surface area contributed by atoms with Crippen LogP contribution in [-0.4, -0.2) is 45.5 Å². The summed E-state index contributed by atoms with van der Waals surface area (Å²) in [6.07, 6.45) is 6.62. The number of hydrogen-bond donors (Lipinski definition) is 1. The highest BCUT2D eigenvalue weighted by molar-refractivity contribution is 7.14. The third-order valence-electron chi connectivity index (χ3n) is 5.01. The summed E-state index contributed by atoms with van der Waals surface area (Å²) >= 11 is 1.40. The molecule has 7 heteroatoms. The number of ether oxygens (including phenoxy) is 1. The molecule has 24 heavy (non-hydrogen) atoms. The van der Waals surface area contributed by atoms with Gasteiger partial charge in [0.15, 0.2) is 0 Å². The fourth-order valence-electron chi connectivity index (χ4n) is 3.78. The molecular weight excluding hydrogens is 326 g/mol. The maximum atomic E-state index is 11.3. The number of carboxylic acid groups (broad SMARTS) is 1. The van der Waals surface area contributed by atoms with Crippen molar-refractivity contribution >= 4 is 17.3 Å². The van der Waals surface area contributed by atoms with E-state index in [1.807, 2.05) is 24.0 Å². The van der Waals surface area contributed by atoms with Gasteiger partial charge in [0.1, 0.15) is 10.5 Å². The second-order valence-electron chi connectivity index (χ2n) is 6.66. The van der Waals surface area contributed by atoms with Crippen LogP contribution in [0.3, 0.4) is 0 Å². The normalized spacial score (nSPS) is 20.2. The molecule has 2 aromatic rings. The van der Waals surface area contributed by atoms with Gasteiger partial charge in [-0.3, -0.25) is 9.58 Å². The van der Waals surface area contributed by atoms with E-state index >= 15 is 0 Å². The van der Waals surface area contributed by atoms with Crippen molar-refractivity contribution < 1.29 is 14.6 Å². The van der Waals surface area contributed by atoms with Gasteiger partial charge in [0.2, 0.25) is 0 Å². The third-order valence-corrected chi connectivity index (χ3v) is 6.36. The lowest BCUT2D eigenvalue weighted by Gasteiger charge is -2.43. The monoisotopic (exact) mass is 347 g/mol. The zero-order chi connectivity index (χ0) is 16.7. The van der Waals surface area contributed by atoms with E-state index in [9.17, 15) is 9.90 Å². The van der Waals surface area contributed by atoms with Gasteiger partial charge in [-0.15, -0.1) is 11.3 Å². The van der Waals surface area contributed by atoms with Gasteiger partial charge in [0, 0.05) is 43.3 Å². The molecule has 2 aliphatic rings. The van der Waals surface area contributed by atoms with Gasteiger partial charge >= 0.3 is 5.97 Å². The number of hydrogen-bond acceptors (Lipinski definition) is 5. The molecule has 4 heterocycles. The van der Waals surface area contributed by atoms with Crippen molar-refractivity contribution in [3.05, 3.63) is 39.3 Å². The number of aromatic carboxylic acids is 1. The molecule has 1 spiro atoms. The number of nitrogens with zero attached hydrogens (tertiary/aromatic N) is 3. The number of thiophene rings is 1. The van der Waals surface area contributed by atoms with Crippen molar-refractivity contribution in [1.82, 2.24) is 14.7 Å². The fraction of sp³-hybridized carbons (Fsp3) is 0.529. The Balaban J connectivity index is 1.50. The van der Waals surface area contributed by atoms with Crippen LogP contribution in [0.15, 0.2) is 18.5 Å². The summed E-state index contributed by atoms with van der Waals surface area (Å²) in [5.74, 6) is -0.835. The Hall–Kier alpha value is -1.70. The average molecular weight is 347 g/mol. The quantitative estimate of drug-likeness (QED) is 0.922. The lowest BCUT2D eigenvalue weighted by atomic mass is 9.85. The molecule has 0 bridgehead atoms. The van der Waals surface area contributed by atoms with Crippen molar-refractivity contribution in [2.75, 3.05) is 19.7 Å². The van der Waals surface area contributed by atoms with E-state index in [1.54, 1.807) is 0 Å². The zero-order valence-electron chi connectivity index (χ0n) is 13.7. The van der Waals surface area contributed by atoms with E-state index in [1.165, 1.54) is 22.5 Å². The highest BCUT2D eigenvalue weighted by Crippen LogP contribution is 2.45. The molecule has 0 saturated carbocycles. The maximum Gasteiger partial charge on any atom is 0.345 e. The maximum absolute atomic E-state index is 11.3. The molecule has 128 valence electrons. The largest absolute Gasteiger partial charge is 0.477 e. The van der Waals surface area contributed by atoms with Crippen molar-refractivity contribution in [2.45, 2.75) is 31.4 Å². The first kappa shape index (κ1) is 15.8. The molecule has 2 aromatic heterocycles. The number of rotatable bonds is 3. The standard InChI is InChI=1S/C17H21N3O3S/c1-19-10-12(9-18-19)11-20-5-3-17(4-6-20)15-13(2-7-23-17)8-14(24-15)16(21)22/h8-10H,2-7,11H2,1H3,(H,21,22). The molecule has 0 aliphatic carbocycles. The van der Waals surface area contributed by atoms with E-state index in [2.05, 4.69) is 16.2 Å². The summed E-state index contributed by atoms with van der Waals surface area (Å²) in [5, 5.41) is 13.5. The zero-order valence-corrected chi connectivity index (χ0v) is 14.5. The van der Waals surface area contributed by atoms with Gasteiger partial charge in [-0.25, -0.2) is 4.79 Å². The van der Waals surface area contributed by atoms with E-state index in [0.717, 1.165) is 43.8 Å². The molecule has 0 aromatic carbocycles. The summed E-state index contributed by atoms with van der Waals surface area (Å²) in [4.78, 5) is 15.3. The minimum atomic E-state index is -0.835. The predicted octanol–water partition coefficient (Wildman–Crippen LogP) is 2.24. The summed E-state index contributed by atoms with van der Waals surface area (Å²) in [6.45, 7) is 3.50. The molecule has 0 unspecified atom stereocenters. The molecule has 2 aliphatic heterocycles. The van der Waals surface area contributed by atoms with Gasteiger partial charge in [-0.2, -0.15) is 5.10 Å². The van der Waals surface area contributed by atoms with Crippen molar-refractivity contribution in [3.8, 4) is 0 Å². The molecule has 6 nitrogen and oxygen atoms in total. The van der Waals surface area contributed by atoms with Crippen LogP contribution in [0.1, 0.15) is 38.5 Å². The Labute approximate surface area is 144 Å². The van der Waals surface area contributed by atoms with Crippen LogP contribution in [-0.2, 0) is 30.4 Å². The number of aryl methyl sites for hydroxylation is 1. The molecule has 4 rings (SSSR count). The van der Waals surface area contributed by atoms with Gasteiger partial charge in [0.05, 0.1) is 12.8 Å². The van der Waals surface area contributed by atoms with E-state index < -0.39 is 5.97 Å². The summed E-state index contributed by atoms with van der Waals surface area (Å²) < 4.78 is 8.03. The van der Waals surface area contributed by atoms with E-state index in [-0.39, 0.29) is 5.60 Å². The van der Waals surface area contributed by atoms with Gasteiger partial charge in [0.25, 0.3) is 0 Å². The molecule has 0 atom stereocenters. The first-order chi connectivity index (χ1) is 11.6. The van der Waals surface area contributed by atoms with Crippen molar-refractivity contribution in [2.24, 2.45) is 7.05 Å². The lowest BCUT2D eigenvalue weighted by molar-refractivity contribution is -0.0960. The number of carbonyl (C=O) groups is 1. The van der Waals surface area contributed by atoms with Crippen LogP contribution in [0.5, 0.6) is 0 Å². The number of carboxylic acids is 1. The molecular formula is C17H21N3O3S. The Bertz CT molecular complexity index is 759. The number of likely N-dealkylation sites (tertiary alicyclic amines) is 1. The van der Waals surface area contributed by atoms with Crippen molar-refractivity contribution in [3.63, 3.8) is 0 Å². The van der Waals surface area contributed by atoms with Crippen LogP contribution in [0, 0.1) is 0 Å². The van der Waals surface area contributed by atoms with Gasteiger partial charge < -0.3 is 9.84 Å². The van der Waals surface area contributed by atoms with E-state index in [4.69, 9.17) is 4.74 Å². The molecule has 0 amide bonds. The molecule has 1 fully saturated rings. The van der Waals surface area contributed by atoms with Gasteiger partial charge in [-0.05, 0) is 30.9 Å². The predicted molar refractivity (Wildman–Crippen MR) is 90.3 cm³/mol. The number of fused-ring (bicyclic) bond motifs is 2. The van der Waals surface area contributed by atoms with Crippen LogP contribution in [0.25, 0.3) is 0 Å². The number of aromatic nitrogens is 2. The first-order valence-electron chi connectivity index (χ1n) is 8.26. The second kappa shape index (κ2) is 5.98. The average Bonchev–Trinajstić information content (AvgIpc) is 3.17. The third kappa shape index (κ3) is 2.76. The molecule has 1 N–H and O–H groups in total. The summed E-state index contributed by atoms with van der Waals surface area (Å²) in [6, 6.07) is 1.84. The van der Waals surface area contributed by atoms with Crippen LogP contribution < -0.4 is 0 Å².